The highest BCUT2D eigenvalue weighted by molar-refractivity contribution is 7.89. The third kappa shape index (κ3) is 4.67. The molecule has 0 saturated carbocycles. The summed E-state index contributed by atoms with van der Waals surface area (Å²) in [5, 5.41) is 2.74. The van der Waals surface area contributed by atoms with Crippen LogP contribution in [0, 0.1) is 0 Å². The first kappa shape index (κ1) is 18.2. The normalized spacial score (nSPS) is 11.9. The van der Waals surface area contributed by atoms with Crippen molar-refractivity contribution in [3.05, 3.63) is 48.4 Å². The Hall–Kier alpha value is -2.16. The smallest absolute Gasteiger partial charge is 0.242 e. The lowest BCUT2D eigenvalue weighted by atomic mass is 10.3. The zero-order valence-corrected chi connectivity index (χ0v) is 14.7. The maximum atomic E-state index is 12.0. The molecule has 0 aliphatic heterocycles. The number of hydrogen-bond donors (Lipinski definition) is 1. The number of anilines is 1. The first-order chi connectivity index (χ1) is 11.3. The van der Waals surface area contributed by atoms with Gasteiger partial charge in [0.2, 0.25) is 15.9 Å². The van der Waals surface area contributed by atoms with Crippen LogP contribution in [0.3, 0.4) is 0 Å². The summed E-state index contributed by atoms with van der Waals surface area (Å²) in [6, 6.07) is 9.72. The molecule has 1 aromatic carbocycles. The molecular weight excluding hydrogens is 330 g/mol. The zero-order chi connectivity index (χ0) is 17.7. The molecule has 1 N–H and O–H groups in total. The SMILES string of the molecule is CN(CC(=O)Nc1ccc(S(=O)(=O)N(C)C)cc1)Cc1ccco1. The lowest BCUT2D eigenvalue weighted by Crippen LogP contribution is -2.29. The molecule has 1 amide bonds. The molecule has 0 fully saturated rings. The number of carbonyl (C=O) groups excluding carboxylic acids is 1. The summed E-state index contributed by atoms with van der Waals surface area (Å²) >= 11 is 0. The Bertz CT molecular complexity index is 768. The van der Waals surface area contributed by atoms with Crippen molar-refractivity contribution in [1.82, 2.24) is 9.21 Å². The predicted octanol–water partition coefficient (Wildman–Crippen LogP) is 1.60. The van der Waals surface area contributed by atoms with Crippen LogP contribution in [0.4, 0.5) is 5.69 Å². The number of nitrogens with zero attached hydrogens (tertiary/aromatic N) is 2. The van der Waals surface area contributed by atoms with Gasteiger partial charge in [-0.25, -0.2) is 12.7 Å². The second kappa shape index (κ2) is 7.61. The van der Waals surface area contributed by atoms with E-state index >= 15 is 0 Å². The van der Waals surface area contributed by atoms with Crippen LogP contribution in [0.2, 0.25) is 0 Å². The zero-order valence-electron chi connectivity index (χ0n) is 13.9. The van der Waals surface area contributed by atoms with Crippen LogP contribution >= 0.6 is 0 Å². The lowest BCUT2D eigenvalue weighted by molar-refractivity contribution is -0.117. The number of nitrogens with one attached hydrogen (secondary N) is 1. The van der Waals surface area contributed by atoms with Crippen molar-refractivity contribution in [1.29, 1.82) is 0 Å². The Labute approximate surface area is 141 Å². The average Bonchev–Trinajstić information content (AvgIpc) is 3.00. The van der Waals surface area contributed by atoms with Gasteiger partial charge in [0.25, 0.3) is 0 Å². The molecule has 0 aliphatic rings. The van der Waals surface area contributed by atoms with Gasteiger partial charge < -0.3 is 9.73 Å². The highest BCUT2D eigenvalue weighted by Gasteiger charge is 2.17. The molecule has 0 bridgehead atoms. The van der Waals surface area contributed by atoms with Gasteiger partial charge in [-0.1, -0.05) is 0 Å². The van der Waals surface area contributed by atoms with Gasteiger partial charge in [-0.2, -0.15) is 0 Å². The molecule has 0 saturated heterocycles. The standard InChI is InChI=1S/C16H21N3O4S/c1-18(2)24(21,22)15-8-6-13(7-9-15)17-16(20)12-19(3)11-14-5-4-10-23-14/h4-10H,11-12H2,1-3H3,(H,17,20). The summed E-state index contributed by atoms with van der Waals surface area (Å²) in [7, 11) is 1.29. The van der Waals surface area contributed by atoms with Crippen molar-refractivity contribution in [2.45, 2.75) is 11.4 Å². The fourth-order valence-corrected chi connectivity index (χ4v) is 2.99. The van der Waals surface area contributed by atoms with E-state index in [9.17, 15) is 13.2 Å². The van der Waals surface area contributed by atoms with Crippen LogP contribution < -0.4 is 5.32 Å². The fraction of sp³-hybridized carbons (Fsp3) is 0.312. The van der Waals surface area contributed by atoms with Crippen molar-refractivity contribution in [3.63, 3.8) is 0 Å². The van der Waals surface area contributed by atoms with Crippen LogP contribution in [0.15, 0.2) is 52.0 Å². The van der Waals surface area contributed by atoms with E-state index in [-0.39, 0.29) is 17.3 Å². The summed E-state index contributed by atoms with van der Waals surface area (Å²) in [4.78, 5) is 14.0. The van der Waals surface area contributed by atoms with Crippen LogP contribution in [-0.4, -0.2) is 51.2 Å². The van der Waals surface area contributed by atoms with Crippen molar-refractivity contribution < 1.29 is 17.6 Å². The largest absolute Gasteiger partial charge is 0.468 e. The quantitative estimate of drug-likeness (QED) is 0.819. The van der Waals surface area contributed by atoms with Crippen LogP contribution in [0.25, 0.3) is 0 Å². The minimum Gasteiger partial charge on any atom is -0.468 e. The molecule has 1 aromatic heterocycles. The lowest BCUT2D eigenvalue weighted by Gasteiger charge is -2.15. The third-order valence-electron chi connectivity index (χ3n) is 3.34. The number of rotatable bonds is 7. The fourth-order valence-electron chi connectivity index (χ4n) is 2.09. The minimum atomic E-state index is -3.47. The maximum absolute atomic E-state index is 12.0. The summed E-state index contributed by atoms with van der Waals surface area (Å²) in [5.74, 6) is 0.593. The number of hydrogen-bond acceptors (Lipinski definition) is 5. The molecule has 0 atom stereocenters. The highest BCUT2D eigenvalue weighted by Crippen LogP contribution is 2.16. The minimum absolute atomic E-state index is 0.181. The van der Waals surface area contributed by atoms with E-state index < -0.39 is 10.0 Å². The van der Waals surface area contributed by atoms with Crippen LogP contribution in [-0.2, 0) is 21.4 Å². The number of benzene rings is 1. The summed E-state index contributed by atoms with van der Waals surface area (Å²) in [6.07, 6.45) is 1.59. The Morgan fingerprint density at radius 2 is 1.79 bits per heavy atom. The Kier molecular flexibility index (Phi) is 5.76. The topological polar surface area (TPSA) is 82.9 Å². The van der Waals surface area contributed by atoms with Gasteiger partial charge in [0, 0.05) is 19.8 Å². The van der Waals surface area contributed by atoms with E-state index in [1.807, 2.05) is 18.0 Å². The monoisotopic (exact) mass is 351 g/mol. The summed E-state index contributed by atoms with van der Waals surface area (Å²) in [6.45, 7) is 0.721. The Morgan fingerprint density at radius 3 is 2.33 bits per heavy atom. The van der Waals surface area contributed by atoms with Crippen molar-refractivity contribution in [2.75, 3.05) is 33.0 Å². The number of likely N-dealkylation sites (N-methyl/N-ethyl adjacent to an activating group) is 1. The van der Waals surface area contributed by atoms with E-state index in [1.165, 1.54) is 26.2 Å². The Morgan fingerprint density at radius 1 is 1.12 bits per heavy atom. The molecular formula is C16H21N3O4S. The van der Waals surface area contributed by atoms with E-state index in [0.29, 0.717) is 12.2 Å². The number of carbonyl (C=O) groups is 1. The van der Waals surface area contributed by atoms with E-state index in [4.69, 9.17) is 4.42 Å². The van der Waals surface area contributed by atoms with Crippen LogP contribution in [0.5, 0.6) is 0 Å². The van der Waals surface area contributed by atoms with Gasteiger partial charge in [-0.05, 0) is 43.4 Å². The summed E-state index contributed by atoms with van der Waals surface area (Å²) < 4.78 is 30.3. The summed E-state index contributed by atoms with van der Waals surface area (Å²) in [5.41, 5.74) is 0.545. The molecule has 1 heterocycles. The van der Waals surface area contributed by atoms with E-state index in [1.54, 1.807) is 24.5 Å². The number of sulfonamides is 1. The molecule has 7 nitrogen and oxygen atoms in total. The second-order valence-electron chi connectivity index (χ2n) is 5.61. The molecule has 0 radical (unpaired) electrons. The predicted molar refractivity (Wildman–Crippen MR) is 91.0 cm³/mol. The first-order valence-corrected chi connectivity index (χ1v) is 8.76. The van der Waals surface area contributed by atoms with E-state index in [2.05, 4.69) is 5.32 Å². The highest BCUT2D eigenvalue weighted by atomic mass is 32.2. The maximum Gasteiger partial charge on any atom is 0.242 e. The van der Waals surface area contributed by atoms with Gasteiger partial charge in [-0.15, -0.1) is 0 Å². The molecule has 0 unspecified atom stereocenters. The molecule has 0 spiro atoms. The molecule has 130 valence electrons. The van der Waals surface area contributed by atoms with Crippen molar-refractivity contribution in [3.8, 4) is 0 Å². The Balaban J connectivity index is 1.92. The van der Waals surface area contributed by atoms with Crippen molar-refractivity contribution in [2.24, 2.45) is 0 Å². The van der Waals surface area contributed by atoms with Gasteiger partial charge >= 0.3 is 0 Å². The van der Waals surface area contributed by atoms with E-state index in [0.717, 1.165) is 10.1 Å². The van der Waals surface area contributed by atoms with Crippen LogP contribution in [0.1, 0.15) is 5.76 Å². The van der Waals surface area contributed by atoms with Gasteiger partial charge in [-0.3, -0.25) is 9.69 Å². The average molecular weight is 351 g/mol. The molecule has 2 rings (SSSR count). The van der Waals surface area contributed by atoms with Gasteiger partial charge in [0.05, 0.1) is 24.2 Å². The number of furan rings is 1. The third-order valence-corrected chi connectivity index (χ3v) is 5.17. The molecule has 24 heavy (non-hydrogen) atoms. The number of amides is 1. The second-order valence-corrected chi connectivity index (χ2v) is 7.76. The van der Waals surface area contributed by atoms with Gasteiger partial charge in [0.1, 0.15) is 5.76 Å². The van der Waals surface area contributed by atoms with Gasteiger partial charge in [0.15, 0.2) is 0 Å². The molecule has 8 heteroatoms. The molecule has 0 aliphatic carbocycles. The first-order valence-electron chi connectivity index (χ1n) is 7.32. The molecule has 2 aromatic rings. The van der Waals surface area contributed by atoms with Crippen molar-refractivity contribution >= 4 is 21.6 Å².